The normalized spacial score (nSPS) is 10.7. The molecule has 1 amide bonds. The molecular formula is C22H24N2O2S. The molecule has 4 nitrogen and oxygen atoms in total. The Bertz CT molecular complexity index is 945. The summed E-state index contributed by atoms with van der Waals surface area (Å²) < 4.78 is 5.91. The number of rotatable bonds is 6. The van der Waals surface area contributed by atoms with Gasteiger partial charge in [0.05, 0.1) is 5.69 Å². The maximum Gasteiger partial charge on any atom is 0.267 e. The minimum absolute atomic E-state index is 0.132. The summed E-state index contributed by atoms with van der Waals surface area (Å²) >= 11 is 1.38. The lowest BCUT2D eigenvalue weighted by atomic mass is 10.1. The maximum absolute atomic E-state index is 12.6. The van der Waals surface area contributed by atoms with Crippen LogP contribution in [0.1, 0.15) is 44.0 Å². The minimum atomic E-state index is -0.132. The smallest absolute Gasteiger partial charge is 0.267 e. The van der Waals surface area contributed by atoms with Gasteiger partial charge in [-0.3, -0.25) is 4.79 Å². The van der Waals surface area contributed by atoms with Gasteiger partial charge in [-0.15, -0.1) is 11.3 Å². The van der Waals surface area contributed by atoms with Crippen molar-refractivity contribution in [2.75, 3.05) is 5.32 Å². The van der Waals surface area contributed by atoms with Crippen molar-refractivity contribution in [2.45, 2.75) is 40.7 Å². The lowest BCUT2D eigenvalue weighted by molar-refractivity contribution is 0.103. The van der Waals surface area contributed by atoms with Crippen molar-refractivity contribution in [3.63, 3.8) is 0 Å². The van der Waals surface area contributed by atoms with E-state index >= 15 is 0 Å². The highest BCUT2D eigenvalue weighted by molar-refractivity contribution is 7.13. The summed E-state index contributed by atoms with van der Waals surface area (Å²) in [6, 6.07) is 14.0. The largest absolute Gasteiger partial charge is 0.486 e. The van der Waals surface area contributed by atoms with E-state index in [1.165, 1.54) is 16.9 Å². The number of nitrogens with one attached hydrogen (secondary N) is 1. The van der Waals surface area contributed by atoms with Gasteiger partial charge >= 0.3 is 0 Å². The van der Waals surface area contributed by atoms with E-state index < -0.39 is 0 Å². The first-order chi connectivity index (χ1) is 13.0. The highest BCUT2D eigenvalue weighted by atomic mass is 32.1. The second-order valence-electron chi connectivity index (χ2n) is 6.58. The second kappa shape index (κ2) is 8.35. The van der Waals surface area contributed by atoms with Gasteiger partial charge in [0.1, 0.15) is 22.2 Å². The molecule has 3 aromatic rings. The summed E-state index contributed by atoms with van der Waals surface area (Å²) in [6.07, 6.45) is 0.978. The Morgan fingerprint density at radius 3 is 2.56 bits per heavy atom. The Balaban J connectivity index is 1.67. The zero-order chi connectivity index (χ0) is 19.4. The SMILES string of the molecule is CCc1ccc(NC(=O)c2sc(COc3cc(C)ccc3C)nc2C)cc1. The van der Waals surface area contributed by atoms with E-state index in [9.17, 15) is 4.79 Å². The molecule has 0 saturated carbocycles. The third-order valence-corrected chi connectivity index (χ3v) is 5.49. The molecule has 0 spiro atoms. The number of nitrogens with zero attached hydrogens (tertiary/aromatic N) is 1. The van der Waals surface area contributed by atoms with Gasteiger partial charge in [-0.25, -0.2) is 4.98 Å². The molecule has 1 aromatic heterocycles. The van der Waals surface area contributed by atoms with Crippen molar-refractivity contribution in [3.8, 4) is 5.75 Å². The molecule has 5 heteroatoms. The van der Waals surface area contributed by atoms with E-state index in [0.29, 0.717) is 11.5 Å². The van der Waals surface area contributed by atoms with Gasteiger partial charge in [-0.2, -0.15) is 0 Å². The fourth-order valence-electron chi connectivity index (χ4n) is 2.74. The number of carbonyl (C=O) groups is 1. The number of benzene rings is 2. The first-order valence-electron chi connectivity index (χ1n) is 9.03. The maximum atomic E-state index is 12.6. The predicted octanol–water partition coefficient (Wildman–Crippen LogP) is 5.46. The van der Waals surface area contributed by atoms with Crippen molar-refractivity contribution in [2.24, 2.45) is 0 Å². The third kappa shape index (κ3) is 4.74. The van der Waals surface area contributed by atoms with Gasteiger partial charge in [-0.1, -0.05) is 31.2 Å². The molecule has 27 heavy (non-hydrogen) atoms. The molecule has 1 heterocycles. The van der Waals surface area contributed by atoms with Crippen molar-refractivity contribution in [1.29, 1.82) is 0 Å². The molecule has 0 unspecified atom stereocenters. The van der Waals surface area contributed by atoms with Crippen LogP contribution in [0.2, 0.25) is 0 Å². The Kier molecular flexibility index (Phi) is 5.91. The van der Waals surface area contributed by atoms with Crippen molar-refractivity contribution < 1.29 is 9.53 Å². The fourth-order valence-corrected chi connectivity index (χ4v) is 3.61. The molecule has 0 atom stereocenters. The van der Waals surface area contributed by atoms with E-state index in [0.717, 1.165) is 39.7 Å². The van der Waals surface area contributed by atoms with Crippen LogP contribution in [-0.4, -0.2) is 10.9 Å². The molecule has 0 aliphatic rings. The standard InChI is InChI=1S/C22H24N2O2S/c1-5-17-8-10-18(11-9-17)24-22(25)21-16(4)23-20(27-21)13-26-19-12-14(2)6-7-15(19)3/h6-12H,5,13H2,1-4H3,(H,24,25). The Hall–Kier alpha value is -2.66. The monoisotopic (exact) mass is 380 g/mol. The summed E-state index contributed by atoms with van der Waals surface area (Å²) in [5, 5.41) is 3.74. The average Bonchev–Trinajstić information content (AvgIpc) is 3.04. The quantitative estimate of drug-likeness (QED) is 0.617. The summed E-state index contributed by atoms with van der Waals surface area (Å²) in [6.45, 7) is 8.37. The van der Waals surface area contributed by atoms with E-state index in [4.69, 9.17) is 4.74 Å². The van der Waals surface area contributed by atoms with Crippen LogP contribution in [0.5, 0.6) is 5.75 Å². The van der Waals surface area contributed by atoms with Crippen molar-refractivity contribution in [1.82, 2.24) is 4.98 Å². The first kappa shape index (κ1) is 19.1. The summed E-state index contributed by atoms with van der Waals surface area (Å²) in [7, 11) is 0. The van der Waals surface area contributed by atoms with Crippen LogP contribution in [-0.2, 0) is 13.0 Å². The Morgan fingerprint density at radius 1 is 1.11 bits per heavy atom. The lowest BCUT2D eigenvalue weighted by Gasteiger charge is -2.08. The van der Waals surface area contributed by atoms with Crippen LogP contribution in [0, 0.1) is 20.8 Å². The first-order valence-corrected chi connectivity index (χ1v) is 9.84. The molecule has 3 rings (SSSR count). The number of anilines is 1. The number of amides is 1. The highest BCUT2D eigenvalue weighted by Gasteiger charge is 2.16. The molecule has 1 N–H and O–H groups in total. The third-order valence-electron chi connectivity index (χ3n) is 4.36. The zero-order valence-corrected chi connectivity index (χ0v) is 16.9. The molecule has 0 aliphatic carbocycles. The molecule has 140 valence electrons. The predicted molar refractivity (Wildman–Crippen MR) is 111 cm³/mol. The van der Waals surface area contributed by atoms with Gasteiger partial charge in [0.25, 0.3) is 5.91 Å². The lowest BCUT2D eigenvalue weighted by Crippen LogP contribution is -2.11. The molecule has 2 aromatic carbocycles. The van der Waals surface area contributed by atoms with Crippen LogP contribution in [0.15, 0.2) is 42.5 Å². The zero-order valence-electron chi connectivity index (χ0n) is 16.1. The fraction of sp³-hybridized carbons (Fsp3) is 0.273. The molecular weight excluding hydrogens is 356 g/mol. The van der Waals surface area contributed by atoms with Gasteiger partial charge < -0.3 is 10.1 Å². The minimum Gasteiger partial charge on any atom is -0.486 e. The topological polar surface area (TPSA) is 51.2 Å². The summed E-state index contributed by atoms with van der Waals surface area (Å²) in [4.78, 5) is 17.7. The van der Waals surface area contributed by atoms with Gasteiger partial charge in [0.15, 0.2) is 0 Å². The molecule has 0 aliphatic heterocycles. The molecule has 0 saturated heterocycles. The number of thiazole rings is 1. The number of hydrogen-bond donors (Lipinski definition) is 1. The van der Waals surface area contributed by atoms with Crippen molar-refractivity contribution >= 4 is 22.9 Å². The molecule has 0 radical (unpaired) electrons. The average molecular weight is 381 g/mol. The van der Waals surface area contributed by atoms with Gasteiger partial charge in [0.2, 0.25) is 0 Å². The van der Waals surface area contributed by atoms with Crippen LogP contribution in [0.25, 0.3) is 0 Å². The van der Waals surface area contributed by atoms with Crippen molar-refractivity contribution in [3.05, 3.63) is 74.7 Å². The molecule has 0 bridgehead atoms. The summed E-state index contributed by atoms with van der Waals surface area (Å²) in [5.41, 5.74) is 5.00. The Labute approximate surface area is 164 Å². The number of hydrogen-bond acceptors (Lipinski definition) is 4. The van der Waals surface area contributed by atoms with E-state index in [1.54, 1.807) is 0 Å². The number of aromatic nitrogens is 1. The van der Waals surface area contributed by atoms with Crippen LogP contribution in [0.3, 0.4) is 0 Å². The highest BCUT2D eigenvalue weighted by Crippen LogP contribution is 2.24. The van der Waals surface area contributed by atoms with Gasteiger partial charge in [0, 0.05) is 5.69 Å². The van der Waals surface area contributed by atoms with Crippen LogP contribution >= 0.6 is 11.3 Å². The molecule has 0 fully saturated rings. The van der Waals surface area contributed by atoms with E-state index in [2.05, 4.69) is 23.3 Å². The van der Waals surface area contributed by atoms with Crippen LogP contribution in [0.4, 0.5) is 5.69 Å². The van der Waals surface area contributed by atoms with Gasteiger partial charge in [-0.05, 0) is 62.1 Å². The number of ether oxygens (including phenoxy) is 1. The number of aryl methyl sites for hydroxylation is 4. The van der Waals surface area contributed by atoms with E-state index in [1.807, 2.05) is 57.2 Å². The Morgan fingerprint density at radius 2 is 1.85 bits per heavy atom. The van der Waals surface area contributed by atoms with Crippen LogP contribution < -0.4 is 10.1 Å². The van der Waals surface area contributed by atoms with E-state index in [-0.39, 0.29) is 5.91 Å². The number of carbonyl (C=O) groups excluding carboxylic acids is 1. The second-order valence-corrected chi connectivity index (χ2v) is 7.67. The summed E-state index contributed by atoms with van der Waals surface area (Å²) in [5.74, 6) is 0.720.